The largest absolute Gasteiger partial charge is 0.394 e. The Labute approximate surface area is 628 Å². The number of unbranched alkanes of at least 4 members (excludes halogenated alkanes) is 60. The Kier molecular flexibility index (Phi) is 68.5. The Morgan fingerprint density at radius 3 is 0.980 bits per heavy atom. The maximum atomic E-state index is 13.4. The van der Waals surface area contributed by atoms with Gasteiger partial charge in [0.1, 0.15) is 48.8 Å². The second-order valence-corrected chi connectivity index (χ2v) is 31.7. The summed E-state index contributed by atoms with van der Waals surface area (Å²) < 4.78 is 23.0. The lowest BCUT2D eigenvalue weighted by Crippen LogP contribution is -2.65. The molecule has 0 bridgehead atoms. The minimum atomic E-state index is -1.78. The summed E-state index contributed by atoms with van der Waals surface area (Å²) in [6.45, 7) is 2.93. The molecule has 2 aliphatic rings. The molecule has 2 aliphatic heterocycles. The standard InChI is InChI=1S/C88H169NO13/c1-3-5-7-9-11-13-15-17-19-21-23-25-27-29-31-33-35-36-37-38-39-40-42-44-46-48-50-52-54-56-58-60-62-64-66-68-70-72-80(93)89-76(75-99-87-85(98)83(96)86(79(74-91)101-87)102-88-84(97)82(95)81(94)78(73-90)100-88)77(92)71-69-67-65-63-61-59-57-55-53-51-49-47-45-43-41-34-32-30-28-26-24-22-20-18-16-14-12-10-8-6-4-2/h15,17,21,23,76-79,81-88,90-92,94-98H,3-14,16,18-20,22,24-75H2,1-2H3,(H,89,93)/b17-15-,23-21-. The summed E-state index contributed by atoms with van der Waals surface area (Å²) in [6, 6.07) is -0.828. The van der Waals surface area contributed by atoms with Crippen molar-refractivity contribution in [2.75, 3.05) is 19.8 Å². The van der Waals surface area contributed by atoms with Crippen LogP contribution < -0.4 is 5.32 Å². The summed E-state index contributed by atoms with van der Waals surface area (Å²) in [7, 11) is 0. The highest BCUT2D eigenvalue weighted by Gasteiger charge is 2.51. The van der Waals surface area contributed by atoms with Crippen LogP contribution in [0.1, 0.15) is 438 Å². The van der Waals surface area contributed by atoms with E-state index in [-0.39, 0.29) is 12.5 Å². The molecule has 2 heterocycles. The second kappa shape index (κ2) is 72.3. The van der Waals surface area contributed by atoms with Gasteiger partial charge in [-0.25, -0.2) is 0 Å². The molecule has 2 saturated heterocycles. The lowest BCUT2D eigenvalue weighted by atomic mass is 9.97. The van der Waals surface area contributed by atoms with Crippen molar-refractivity contribution in [2.45, 2.75) is 511 Å². The molecule has 9 N–H and O–H groups in total. The van der Waals surface area contributed by atoms with Gasteiger partial charge in [0.25, 0.3) is 0 Å². The molecule has 0 aliphatic carbocycles. The van der Waals surface area contributed by atoms with Crippen molar-refractivity contribution in [3.63, 3.8) is 0 Å². The normalized spacial score (nSPS) is 21.7. The van der Waals surface area contributed by atoms with Crippen molar-refractivity contribution in [3.8, 4) is 0 Å². The molecule has 0 aromatic carbocycles. The topological polar surface area (TPSA) is 228 Å². The maximum absolute atomic E-state index is 13.4. The van der Waals surface area contributed by atoms with Gasteiger partial charge in [-0.3, -0.25) is 4.79 Å². The van der Waals surface area contributed by atoms with Crippen LogP contribution in [-0.2, 0) is 23.7 Å². The zero-order chi connectivity index (χ0) is 73.7. The third-order valence-electron chi connectivity index (χ3n) is 22.2. The highest BCUT2D eigenvalue weighted by atomic mass is 16.7. The van der Waals surface area contributed by atoms with E-state index < -0.39 is 86.8 Å². The Balaban J connectivity index is 1.55. The van der Waals surface area contributed by atoms with Crippen LogP contribution in [0.4, 0.5) is 0 Å². The molecule has 0 aromatic heterocycles. The van der Waals surface area contributed by atoms with E-state index in [9.17, 15) is 45.6 Å². The van der Waals surface area contributed by atoms with E-state index in [1.807, 2.05) is 0 Å². The molecule has 12 atom stereocenters. The fourth-order valence-electron chi connectivity index (χ4n) is 15.2. The molecule has 0 aromatic rings. The summed E-state index contributed by atoms with van der Waals surface area (Å²) in [6.07, 6.45) is 78.2. The number of ether oxygens (including phenoxy) is 4. The molecule has 2 fully saturated rings. The van der Waals surface area contributed by atoms with E-state index in [4.69, 9.17) is 18.9 Å². The number of hydrogen-bond donors (Lipinski definition) is 9. The van der Waals surface area contributed by atoms with Gasteiger partial charge in [-0.15, -0.1) is 0 Å². The van der Waals surface area contributed by atoms with Gasteiger partial charge in [0.15, 0.2) is 12.6 Å². The lowest BCUT2D eigenvalue weighted by Gasteiger charge is -2.46. The predicted octanol–water partition coefficient (Wildman–Crippen LogP) is 21.4. The molecule has 14 nitrogen and oxygen atoms in total. The Morgan fingerprint density at radius 2 is 0.647 bits per heavy atom. The SMILES string of the molecule is CCCCCCC/C=C\C/C=C\CCCCCCCCCCCCCCCCCCCCCCCCCCCC(=O)NC(COC1OC(CO)C(OC2OC(CO)C(O)C(O)C2O)C(O)C1O)C(O)CCCCCCCCCCCCCCCCCCCCCCCCCCCCCCCCC. The second-order valence-electron chi connectivity index (χ2n) is 31.7. The zero-order valence-electron chi connectivity index (χ0n) is 66.6. The minimum absolute atomic E-state index is 0.195. The van der Waals surface area contributed by atoms with E-state index in [1.165, 1.54) is 353 Å². The van der Waals surface area contributed by atoms with Crippen LogP contribution in [-0.4, -0.2) is 140 Å². The van der Waals surface area contributed by atoms with E-state index in [0.717, 1.165) is 57.8 Å². The van der Waals surface area contributed by atoms with Gasteiger partial charge < -0.3 is 65.1 Å². The van der Waals surface area contributed by atoms with Gasteiger partial charge in [-0.1, -0.05) is 411 Å². The summed E-state index contributed by atoms with van der Waals surface area (Å²) in [5.41, 5.74) is 0. The summed E-state index contributed by atoms with van der Waals surface area (Å²) >= 11 is 0. The van der Waals surface area contributed by atoms with Gasteiger partial charge in [-0.2, -0.15) is 0 Å². The molecule has 1 amide bonds. The first-order chi connectivity index (χ1) is 50.1. The summed E-state index contributed by atoms with van der Waals surface area (Å²) in [4.78, 5) is 13.4. The van der Waals surface area contributed by atoms with E-state index in [2.05, 4.69) is 43.5 Å². The van der Waals surface area contributed by atoms with E-state index >= 15 is 0 Å². The van der Waals surface area contributed by atoms with Crippen LogP contribution in [0, 0.1) is 0 Å². The first-order valence-electron chi connectivity index (χ1n) is 44.6. The van der Waals surface area contributed by atoms with Gasteiger partial charge >= 0.3 is 0 Å². The molecular formula is C88H169NO13. The Hall–Kier alpha value is -1.53. The lowest BCUT2D eigenvalue weighted by molar-refractivity contribution is -0.359. The number of nitrogens with one attached hydrogen (secondary N) is 1. The predicted molar refractivity (Wildman–Crippen MR) is 425 cm³/mol. The average molecular weight is 1450 g/mol. The summed E-state index contributed by atoms with van der Waals surface area (Å²) in [5.74, 6) is -0.195. The highest BCUT2D eigenvalue weighted by Crippen LogP contribution is 2.31. The van der Waals surface area contributed by atoms with Crippen LogP contribution in [0.2, 0.25) is 0 Å². The number of aliphatic hydroxyl groups is 8. The molecule has 102 heavy (non-hydrogen) atoms. The fraction of sp³-hybridized carbons (Fsp3) is 0.943. The van der Waals surface area contributed by atoms with E-state index in [1.54, 1.807) is 0 Å². The monoisotopic (exact) mass is 1450 g/mol. The zero-order valence-corrected chi connectivity index (χ0v) is 66.6. The molecule has 0 saturated carbocycles. The average Bonchev–Trinajstić information content (AvgIpc) is 0.790. The van der Waals surface area contributed by atoms with Crippen molar-refractivity contribution in [1.82, 2.24) is 5.32 Å². The number of carbonyl (C=O) groups is 1. The van der Waals surface area contributed by atoms with Crippen LogP contribution in [0.3, 0.4) is 0 Å². The highest BCUT2D eigenvalue weighted by molar-refractivity contribution is 5.76. The maximum Gasteiger partial charge on any atom is 0.220 e. The molecule has 12 unspecified atom stereocenters. The van der Waals surface area contributed by atoms with E-state index in [0.29, 0.717) is 12.8 Å². The van der Waals surface area contributed by atoms with Crippen molar-refractivity contribution < 1.29 is 64.6 Å². The van der Waals surface area contributed by atoms with Gasteiger partial charge in [0, 0.05) is 6.42 Å². The quantitative estimate of drug-likeness (QED) is 0.0204. The number of aliphatic hydroxyl groups excluding tert-OH is 8. The van der Waals surface area contributed by atoms with Crippen LogP contribution in [0.5, 0.6) is 0 Å². The third-order valence-corrected chi connectivity index (χ3v) is 22.2. The number of allylic oxidation sites excluding steroid dienone is 4. The first-order valence-corrected chi connectivity index (χ1v) is 44.6. The van der Waals surface area contributed by atoms with Crippen molar-refractivity contribution >= 4 is 5.91 Å². The van der Waals surface area contributed by atoms with Gasteiger partial charge in [-0.05, 0) is 44.9 Å². The molecule has 604 valence electrons. The van der Waals surface area contributed by atoms with Crippen LogP contribution >= 0.6 is 0 Å². The minimum Gasteiger partial charge on any atom is -0.394 e. The van der Waals surface area contributed by atoms with Crippen LogP contribution in [0.15, 0.2) is 24.3 Å². The number of hydrogen-bond acceptors (Lipinski definition) is 13. The molecular weight excluding hydrogens is 1280 g/mol. The number of amides is 1. The number of rotatable bonds is 77. The van der Waals surface area contributed by atoms with Crippen molar-refractivity contribution in [3.05, 3.63) is 24.3 Å². The summed E-state index contributed by atoms with van der Waals surface area (Å²) in [5, 5.41) is 88.0. The third kappa shape index (κ3) is 54.1. The van der Waals surface area contributed by atoms with Gasteiger partial charge in [0.05, 0.1) is 32.0 Å². The fourth-order valence-corrected chi connectivity index (χ4v) is 15.2. The first kappa shape index (κ1) is 96.5. The molecule has 14 heteroatoms. The van der Waals surface area contributed by atoms with Crippen molar-refractivity contribution in [2.24, 2.45) is 0 Å². The molecule has 2 rings (SSSR count). The Bertz CT molecular complexity index is 1810. The van der Waals surface area contributed by atoms with Gasteiger partial charge in [0.2, 0.25) is 5.91 Å². The van der Waals surface area contributed by atoms with Crippen molar-refractivity contribution in [1.29, 1.82) is 0 Å². The molecule has 0 spiro atoms. The molecule has 0 radical (unpaired) electrons. The van der Waals surface area contributed by atoms with Crippen LogP contribution in [0.25, 0.3) is 0 Å². The Morgan fingerprint density at radius 1 is 0.353 bits per heavy atom. The smallest absolute Gasteiger partial charge is 0.220 e. The number of carbonyl (C=O) groups excluding carboxylic acids is 1.